The molecular weight excluding hydrogens is 368 g/mol. The zero-order valence-corrected chi connectivity index (χ0v) is 15.4. The Morgan fingerprint density at radius 3 is 2.30 bits per heavy atom. The first-order valence-corrected chi connectivity index (χ1v) is 8.93. The molecule has 0 aliphatic heterocycles. The Morgan fingerprint density at radius 2 is 1.67 bits per heavy atom. The van der Waals surface area contributed by atoms with Gasteiger partial charge in [0, 0.05) is 30.0 Å². The fourth-order valence-corrected chi connectivity index (χ4v) is 2.60. The zero-order chi connectivity index (χ0) is 19.6. The number of nitrogens with one attached hydrogen (secondary N) is 2. The summed E-state index contributed by atoms with van der Waals surface area (Å²) in [6, 6.07) is 14.9. The largest absolute Gasteiger partial charge is 0.481 e. The molecule has 0 aromatic heterocycles. The van der Waals surface area contributed by atoms with E-state index in [2.05, 4.69) is 10.6 Å². The molecule has 0 saturated heterocycles. The molecule has 2 aromatic rings. The Labute approximate surface area is 162 Å². The second-order valence-corrected chi connectivity index (χ2v) is 6.45. The molecular formula is C20H21ClN2O4. The molecule has 0 heterocycles. The Bertz CT molecular complexity index is 778. The average Bonchev–Trinajstić information content (AvgIpc) is 2.65. The summed E-state index contributed by atoms with van der Waals surface area (Å²) >= 11 is 5.84. The van der Waals surface area contributed by atoms with Crippen LogP contribution in [-0.2, 0) is 16.0 Å². The van der Waals surface area contributed by atoms with Crippen LogP contribution in [0.15, 0.2) is 54.6 Å². The first-order valence-electron chi connectivity index (χ1n) is 8.55. The zero-order valence-electron chi connectivity index (χ0n) is 14.7. The van der Waals surface area contributed by atoms with Crippen LogP contribution in [0.5, 0.6) is 0 Å². The van der Waals surface area contributed by atoms with Crippen molar-refractivity contribution in [3.8, 4) is 0 Å². The molecule has 1 unspecified atom stereocenters. The quantitative estimate of drug-likeness (QED) is 0.575. The Hall–Kier alpha value is -2.86. The van der Waals surface area contributed by atoms with Crippen molar-refractivity contribution in [2.24, 2.45) is 0 Å². The van der Waals surface area contributed by atoms with E-state index in [0.717, 1.165) is 5.56 Å². The summed E-state index contributed by atoms with van der Waals surface area (Å²) in [5.74, 6) is -1.65. The number of carbonyl (C=O) groups excluding carboxylic acids is 2. The highest BCUT2D eigenvalue weighted by Gasteiger charge is 2.21. The minimum atomic E-state index is -0.916. The molecule has 0 aliphatic rings. The molecule has 2 amide bonds. The van der Waals surface area contributed by atoms with Crippen molar-refractivity contribution in [1.29, 1.82) is 0 Å². The van der Waals surface area contributed by atoms with E-state index >= 15 is 0 Å². The van der Waals surface area contributed by atoms with E-state index in [1.807, 2.05) is 30.3 Å². The van der Waals surface area contributed by atoms with Crippen LogP contribution in [0.4, 0.5) is 0 Å². The molecule has 7 heteroatoms. The topological polar surface area (TPSA) is 95.5 Å². The molecule has 3 N–H and O–H groups in total. The standard InChI is InChI=1S/C20H21ClN2O4/c21-16-10-8-15(9-11-16)19(26)23-17(13-14-5-2-1-3-6-14)20(27)22-12-4-7-18(24)25/h1-3,5-6,8-11,17H,4,7,12-13H2,(H,22,27)(H,23,26)(H,24,25). The summed E-state index contributed by atoms with van der Waals surface area (Å²) in [4.78, 5) is 35.6. The third-order valence-corrected chi connectivity index (χ3v) is 4.13. The molecule has 0 radical (unpaired) electrons. The highest BCUT2D eigenvalue weighted by Crippen LogP contribution is 2.10. The number of hydrogen-bond acceptors (Lipinski definition) is 3. The normalized spacial score (nSPS) is 11.4. The molecule has 142 valence electrons. The van der Waals surface area contributed by atoms with Crippen molar-refractivity contribution < 1.29 is 19.5 Å². The molecule has 0 saturated carbocycles. The Morgan fingerprint density at radius 1 is 1.00 bits per heavy atom. The molecule has 27 heavy (non-hydrogen) atoms. The van der Waals surface area contributed by atoms with Crippen molar-refractivity contribution in [2.45, 2.75) is 25.3 Å². The lowest BCUT2D eigenvalue weighted by Gasteiger charge is -2.19. The number of aliphatic carboxylic acids is 1. The van der Waals surface area contributed by atoms with E-state index in [1.54, 1.807) is 24.3 Å². The SMILES string of the molecule is O=C(O)CCCNC(=O)C(Cc1ccccc1)NC(=O)c1ccc(Cl)cc1. The first-order chi connectivity index (χ1) is 13.0. The lowest BCUT2D eigenvalue weighted by Crippen LogP contribution is -2.48. The highest BCUT2D eigenvalue weighted by atomic mass is 35.5. The van der Waals surface area contributed by atoms with Crippen LogP contribution in [0, 0.1) is 0 Å². The molecule has 2 rings (SSSR count). The van der Waals surface area contributed by atoms with E-state index < -0.39 is 12.0 Å². The summed E-state index contributed by atoms with van der Waals surface area (Å²) in [5, 5.41) is 14.6. The maximum absolute atomic E-state index is 12.5. The third kappa shape index (κ3) is 7.11. The fraction of sp³-hybridized carbons (Fsp3) is 0.250. The highest BCUT2D eigenvalue weighted by molar-refractivity contribution is 6.30. The second-order valence-electron chi connectivity index (χ2n) is 6.01. The number of benzene rings is 2. The van der Waals surface area contributed by atoms with Crippen LogP contribution >= 0.6 is 11.6 Å². The van der Waals surface area contributed by atoms with Gasteiger partial charge in [-0.2, -0.15) is 0 Å². The summed E-state index contributed by atoms with van der Waals surface area (Å²) in [7, 11) is 0. The molecule has 1 atom stereocenters. The number of carbonyl (C=O) groups is 3. The Kier molecular flexibility index (Phi) is 7.82. The lowest BCUT2D eigenvalue weighted by atomic mass is 10.0. The number of amides is 2. The first kappa shape index (κ1) is 20.5. The lowest BCUT2D eigenvalue weighted by molar-refractivity contribution is -0.137. The van der Waals surface area contributed by atoms with Gasteiger partial charge in [0.2, 0.25) is 5.91 Å². The number of carboxylic acid groups (broad SMARTS) is 1. The van der Waals surface area contributed by atoms with E-state index in [1.165, 1.54) is 0 Å². The van der Waals surface area contributed by atoms with Crippen LogP contribution in [0.2, 0.25) is 5.02 Å². The molecule has 0 aliphatic carbocycles. The number of hydrogen-bond donors (Lipinski definition) is 3. The smallest absolute Gasteiger partial charge is 0.303 e. The maximum atomic E-state index is 12.5. The van der Waals surface area contributed by atoms with Gasteiger partial charge in [0.1, 0.15) is 6.04 Å². The van der Waals surface area contributed by atoms with Gasteiger partial charge in [-0.05, 0) is 36.2 Å². The number of rotatable bonds is 9. The van der Waals surface area contributed by atoms with Gasteiger partial charge < -0.3 is 15.7 Å². The molecule has 2 aromatic carbocycles. The van der Waals surface area contributed by atoms with Crippen LogP contribution in [-0.4, -0.2) is 35.5 Å². The van der Waals surface area contributed by atoms with Gasteiger partial charge in [-0.25, -0.2) is 0 Å². The van der Waals surface area contributed by atoms with Gasteiger partial charge in [0.25, 0.3) is 5.91 Å². The van der Waals surface area contributed by atoms with Crippen molar-refractivity contribution in [1.82, 2.24) is 10.6 Å². The predicted octanol–water partition coefficient (Wildman–Crippen LogP) is 2.66. The van der Waals surface area contributed by atoms with Crippen LogP contribution in [0.3, 0.4) is 0 Å². The van der Waals surface area contributed by atoms with Gasteiger partial charge in [0.15, 0.2) is 0 Å². The van der Waals surface area contributed by atoms with Gasteiger partial charge in [-0.1, -0.05) is 41.9 Å². The molecule has 0 bridgehead atoms. The summed E-state index contributed by atoms with van der Waals surface area (Å²) in [5.41, 5.74) is 1.30. The monoisotopic (exact) mass is 388 g/mol. The van der Waals surface area contributed by atoms with Gasteiger partial charge >= 0.3 is 5.97 Å². The van der Waals surface area contributed by atoms with Crippen molar-refractivity contribution in [2.75, 3.05) is 6.54 Å². The van der Waals surface area contributed by atoms with Crippen molar-refractivity contribution >= 4 is 29.4 Å². The van der Waals surface area contributed by atoms with Crippen LogP contribution < -0.4 is 10.6 Å². The number of halogens is 1. The van der Waals surface area contributed by atoms with E-state index in [9.17, 15) is 14.4 Å². The van der Waals surface area contributed by atoms with Gasteiger partial charge in [0.05, 0.1) is 0 Å². The molecule has 6 nitrogen and oxygen atoms in total. The fourth-order valence-electron chi connectivity index (χ4n) is 2.48. The van der Waals surface area contributed by atoms with Crippen molar-refractivity contribution in [3.63, 3.8) is 0 Å². The van der Waals surface area contributed by atoms with Gasteiger partial charge in [-0.3, -0.25) is 14.4 Å². The number of carboxylic acids is 1. The summed E-state index contributed by atoms with van der Waals surface area (Å²) in [6.07, 6.45) is 0.621. The summed E-state index contributed by atoms with van der Waals surface area (Å²) in [6.45, 7) is 0.229. The van der Waals surface area contributed by atoms with Crippen LogP contribution in [0.25, 0.3) is 0 Å². The minimum Gasteiger partial charge on any atom is -0.481 e. The van der Waals surface area contributed by atoms with E-state index in [-0.39, 0.29) is 24.8 Å². The maximum Gasteiger partial charge on any atom is 0.303 e. The summed E-state index contributed by atoms with van der Waals surface area (Å²) < 4.78 is 0. The molecule has 0 fully saturated rings. The second kappa shape index (κ2) is 10.3. The Balaban J connectivity index is 2.04. The molecule has 0 spiro atoms. The van der Waals surface area contributed by atoms with E-state index in [0.29, 0.717) is 23.4 Å². The predicted molar refractivity (Wildman–Crippen MR) is 103 cm³/mol. The van der Waals surface area contributed by atoms with Crippen molar-refractivity contribution in [3.05, 3.63) is 70.7 Å². The van der Waals surface area contributed by atoms with E-state index in [4.69, 9.17) is 16.7 Å². The average molecular weight is 389 g/mol. The third-order valence-electron chi connectivity index (χ3n) is 3.88. The van der Waals surface area contributed by atoms with Gasteiger partial charge in [-0.15, -0.1) is 0 Å². The minimum absolute atomic E-state index is 0.0270. The van der Waals surface area contributed by atoms with Crippen LogP contribution in [0.1, 0.15) is 28.8 Å².